The number of nitriles is 1. The zero-order valence-electron chi connectivity index (χ0n) is 18.3. The summed E-state index contributed by atoms with van der Waals surface area (Å²) in [6.45, 7) is 1.78. The van der Waals surface area contributed by atoms with E-state index in [0.717, 1.165) is 0 Å². The Labute approximate surface area is 186 Å². The maximum absolute atomic E-state index is 12.2. The predicted octanol–water partition coefficient (Wildman–Crippen LogP) is 3.16. The molecule has 0 aliphatic heterocycles. The Hall–Kier alpha value is -3.71. The number of H-pyrrole nitrogens is 2. The first-order valence-electron chi connectivity index (χ1n) is 10.6. The molecule has 0 radical (unpaired) electrons. The first-order valence-corrected chi connectivity index (χ1v) is 10.6. The van der Waals surface area contributed by atoms with Gasteiger partial charge >= 0.3 is 0 Å². The van der Waals surface area contributed by atoms with Crippen molar-refractivity contribution in [3.8, 4) is 23.2 Å². The molecule has 10 heteroatoms. The first-order chi connectivity index (χ1) is 15.5. The number of aryl methyl sites for hydroxylation is 1. The summed E-state index contributed by atoms with van der Waals surface area (Å²) in [6, 6.07) is 5.56. The number of aromatic nitrogens is 5. The Morgan fingerprint density at radius 2 is 1.91 bits per heavy atom. The van der Waals surface area contributed by atoms with Crippen molar-refractivity contribution < 1.29 is 4.74 Å². The van der Waals surface area contributed by atoms with E-state index in [-0.39, 0.29) is 11.1 Å². The average Bonchev–Trinajstić information content (AvgIpc) is 3.10. The highest BCUT2D eigenvalue weighted by Gasteiger charge is 2.15. The van der Waals surface area contributed by atoms with Gasteiger partial charge in [0.25, 0.3) is 0 Å². The highest BCUT2D eigenvalue weighted by atomic mass is 16.5. The van der Waals surface area contributed by atoms with E-state index < -0.39 is 0 Å². The van der Waals surface area contributed by atoms with Crippen molar-refractivity contribution in [2.24, 2.45) is 5.73 Å². The lowest BCUT2D eigenvalue weighted by molar-refractivity contribution is 0.398. The summed E-state index contributed by atoms with van der Waals surface area (Å²) in [7, 11) is 1.48. The summed E-state index contributed by atoms with van der Waals surface area (Å²) >= 11 is 0. The molecule has 0 atom stereocenters. The van der Waals surface area contributed by atoms with Crippen molar-refractivity contribution in [2.45, 2.75) is 51.5 Å². The molecule has 1 saturated carbocycles. The molecule has 1 aliphatic carbocycles. The average molecular weight is 437 g/mol. The van der Waals surface area contributed by atoms with Crippen LogP contribution < -0.4 is 21.2 Å². The van der Waals surface area contributed by atoms with Gasteiger partial charge in [0.2, 0.25) is 5.88 Å². The number of ether oxygens (including phenoxy) is 1. The second-order valence-corrected chi connectivity index (χ2v) is 7.67. The summed E-state index contributed by atoms with van der Waals surface area (Å²) in [5.41, 5.74) is 7.33. The molecule has 5 N–H and O–H groups in total. The number of anilines is 2. The Kier molecular flexibility index (Phi) is 7.94. The van der Waals surface area contributed by atoms with Gasteiger partial charge in [0.1, 0.15) is 17.5 Å². The molecule has 0 spiro atoms. The first kappa shape index (κ1) is 23.0. The molecule has 3 aromatic rings. The number of nitrogens with one attached hydrogen (secondary N) is 3. The van der Waals surface area contributed by atoms with Crippen molar-refractivity contribution in [2.75, 3.05) is 12.4 Å². The standard InChI is InChI=1S/C15H13N7O2.C7H15N/c1-8-3-11(23)14(15(19-8)24-2)10-4-12(22-21-10)20-13-7-17-9(5-16)6-18-13;8-7-5-3-1-2-4-6-7/h3-4,6-7H,1-2H3,(H,19,23)(H2,18,20,21,22);7H,1-6,8H2. The van der Waals surface area contributed by atoms with Crippen molar-refractivity contribution in [1.82, 2.24) is 25.1 Å². The second-order valence-electron chi connectivity index (χ2n) is 7.67. The lowest BCUT2D eigenvalue weighted by Gasteiger charge is -2.06. The zero-order chi connectivity index (χ0) is 22.9. The van der Waals surface area contributed by atoms with Crippen molar-refractivity contribution >= 4 is 11.6 Å². The molecule has 0 bridgehead atoms. The van der Waals surface area contributed by atoms with Crippen LogP contribution in [0.2, 0.25) is 0 Å². The monoisotopic (exact) mass is 436 g/mol. The molecule has 4 rings (SSSR count). The largest absolute Gasteiger partial charge is 0.482 e. The van der Waals surface area contributed by atoms with Gasteiger partial charge in [-0.15, -0.1) is 0 Å². The third-order valence-corrected chi connectivity index (χ3v) is 5.11. The molecule has 3 aromatic heterocycles. The molecular weight excluding hydrogens is 408 g/mol. The minimum atomic E-state index is -0.184. The fourth-order valence-electron chi connectivity index (χ4n) is 3.47. The SMILES string of the molecule is COc1[nH]c(C)cc(=O)c1-c1cc(Nc2cnc(C#N)cn2)n[nH]1.NC1CCCCCC1. The minimum Gasteiger partial charge on any atom is -0.482 e. The summed E-state index contributed by atoms with van der Waals surface area (Å²) in [5, 5.41) is 18.5. The lowest BCUT2D eigenvalue weighted by atomic mass is 10.1. The normalized spacial score (nSPS) is 13.9. The van der Waals surface area contributed by atoms with E-state index in [0.29, 0.717) is 40.5 Å². The minimum absolute atomic E-state index is 0.184. The molecule has 1 fully saturated rings. The van der Waals surface area contributed by atoms with Gasteiger partial charge in [0.05, 0.1) is 25.2 Å². The van der Waals surface area contributed by atoms with Gasteiger partial charge in [-0.05, 0) is 19.8 Å². The van der Waals surface area contributed by atoms with Crippen molar-refractivity contribution in [3.63, 3.8) is 0 Å². The summed E-state index contributed by atoms with van der Waals surface area (Å²) in [5.74, 6) is 1.23. The van der Waals surface area contributed by atoms with E-state index in [4.69, 9.17) is 15.7 Å². The van der Waals surface area contributed by atoms with Crippen LogP contribution in [0.15, 0.2) is 29.3 Å². The van der Waals surface area contributed by atoms with E-state index in [1.54, 1.807) is 13.0 Å². The van der Waals surface area contributed by atoms with Gasteiger partial charge in [0, 0.05) is 23.9 Å². The Morgan fingerprint density at radius 1 is 1.16 bits per heavy atom. The topological polar surface area (TPSA) is 158 Å². The number of hydrogen-bond donors (Lipinski definition) is 4. The maximum atomic E-state index is 12.2. The Morgan fingerprint density at radius 3 is 2.53 bits per heavy atom. The molecular formula is C22H28N8O2. The molecule has 0 unspecified atom stereocenters. The Balaban J connectivity index is 0.000000305. The van der Waals surface area contributed by atoms with E-state index in [2.05, 4.69) is 30.5 Å². The summed E-state index contributed by atoms with van der Waals surface area (Å²) in [4.78, 5) is 23.2. The highest BCUT2D eigenvalue weighted by Crippen LogP contribution is 2.25. The van der Waals surface area contributed by atoms with Gasteiger partial charge in [-0.25, -0.2) is 9.97 Å². The fraction of sp³-hybridized carbons (Fsp3) is 0.409. The van der Waals surface area contributed by atoms with Gasteiger partial charge in [0.15, 0.2) is 16.9 Å². The molecule has 3 heterocycles. The highest BCUT2D eigenvalue weighted by molar-refractivity contribution is 5.68. The van der Waals surface area contributed by atoms with E-state index in [1.807, 2.05) is 6.07 Å². The number of nitrogens with two attached hydrogens (primary N) is 1. The lowest BCUT2D eigenvalue weighted by Crippen LogP contribution is -2.17. The summed E-state index contributed by atoms with van der Waals surface area (Å²) in [6.07, 6.45) is 10.8. The maximum Gasteiger partial charge on any atom is 0.204 e. The molecule has 32 heavy (non-hydrogen) atoms. The Bertz CT molecular complexity index is 1110. The van der Waals surface area contributed by atoms with E-state index in [9.17, 15) is 4.79 Å². The van der Waals surface area contributed by atoms with Crippen LogP contribution in [0, 0.1) is 18.3 Å². The van der Waals surface area contributed by atoms with Crippen LogP contribution in [0.5, 0.6) is 5.88 Å². The van der Waals surface area contributed by atoms with Crippen LogP contribution in [0.3, 0.4) is 0 Å². The quantitative estimate of drug-likeness (QED) is 0.454. The van der Waals surface area contributed by atoms with Crippen LogP contribution in [-0.4, -0.2) is 38.3 Å². The summed E-state index contributed by atoms with van der Waals surface area (Å²) < 4.78 is 5.24. The molecule has 10 nitrogen and oxygen atoms in total. The van der Waals surface area contributed by atoms with Crippen LogP contribution in [0.1, 0.15) is 49.9 Å². The molecule has 1 aliphatic rings. The van der Waals surface area contributed by atoms with Crippen LogP contribution in [-0.2, 0) is 0 Å². The molecule has 0 aromatic carbocycles. The van der Waals surface area contributed by atoms with Gasteiger partial charge in [-0.2, -0.15) is 10.4 Å². The predicted molar refractivity (Wildman–Crippen MR) is 122 cm³/mol. The zero-order valence-corrected chi connectivity index (χ0v) is 18.3. The van der Waals surface area contributed by atoms with Gasteiger partial charge in [-0.1, -0.05) is 25.7 Å². The van der Waals surface area contributed by atoms with E-state index >= 15 is 0 Å². The van der Waals surface area contributed by atoms with Gasteiger partial charge < -0.3 is 20.8 Å². The molecule has 0 saturated heterocycles. The number of pyridine rings is 1. The number of methoxy groups -OCH3 is 1. The van der Waals surface area contributed by atoms with Crippen LogP contribution >= 0.6 is 0 Å². The van der Waals surface area contributed by atoms with Gasteiger partial charge in [-0.3, -0.25) is 9.89 Å². The van der Waals surface area contributed by atoms with Crippen LogP contribution in [0.4, 0.5) is 11.6 Å². The number of rotatable bonds is 4. The number of aromatic amines is 2. The number of nitrogens with zero attached hydrogens (tertiary/aromatic N) is 4. The number of hydrogen-bond acceptors (Lipinski definition) is 8. The van der Waals surface area contributed by atoms with E-state index in [1.165, 1.54) is 64.1 Å². The third kappa shape index (κ3) is 6.15. The third-order valence-electron chi connectivity index (χ3n) is 5.11. The second kappa shape index (κ2) is 11.1. The van der Waals surface area contributed by atoms with Crippen molar-refractivity contribution in [1.29, 1.82) is 5.26 Å². The van der Waals surface area contributed by atoms with Crippen LogP contribution in [0.25, 0.3) is 11.3 Å². The fourth-order valence-corrected chi connectivity index (χ4v) is 3.47. The van der Waals surface area contributed by atoms with Crippen molar-refractivity contribution in [3.05, 3.63) is 46.1 Å². The smallest absolute Gasteiger partial charge is 0.204 e. The molecule has 0 amide bonds. The molecule has 168 valence electrons.